The SMILES string of the molecule is CCNC(=O)Nc1cc(Oc2ccc3c(ccn3C(=O)N3CCN(C)CC3)c2)ccn1. The Balaban J connectivity index is 1.48. The van der Waals surface area contributed by atoms with E-state index < -0.39 is 0 Å². The van der Waals surface area contributed by atoms with Crippen molar-refractivity contribution in [2.24, 2.45) is 0 Å². The van der Waals surface area contributed by atoms with Crippen molar-refractivity contribution in [1.82, 2.24) is 24.7 Å². The number of nitrogens with zero attached hydrogens (tertiary/aromatic N) is 4. The summed E-state index contributed by atoms with van der Waals surface area (Å²) in [7, 11) is 2.07. The van der Waals surface area contributed by atoms with Crippen molar-refractivity contribution in [2.45, 2.75) is 6.92 Å². The van der Waals surface area contributed by atoms with Crippen LogP contribution >= 0.6 is 0 Å². The molecule has 0 bridgehead atoms. The molecule has 31 heavy (non-hydrogen) atoms. The molecule has 3 heterocycles. The predicted molar refractivity (Wildman–Crippen MR) is 119 cm³/mol. The van der Waals surface area contributed by atoms with E-state index >= 15 is 0 Å². The highest BCUT2D eigenvalue weighted by molar-refractivity contribution is 5.92. The molecule has 3 aromatic rings. The number of ether oxygens (including phenoxy) is 1. The van der Waals surface area contributed by atoms with Gasteiger partial charge in [-0.1, -0.05) is 0 Å². The number of likely N-dealkylation sites (N-methyl/N-ethyl adjacent to an activating group) is 1. The second kappa shape index (κ2) is 9.05. The lowest BCUT2D eigenvalue weighted by Crippen LogP contribution is -2.48. The number of fused-ring (bicyclic) bond motifs is 1. The average molecular weight is 422 g/mol. The first kappa shape index (κ1) is 20.7. The second-order valence-electron chi connectivity index (χ2n) is 7.44. The molecule has 0 saturated carbocycles. The monoisotopic (exact) mass is 422 g/mol. The van der Waals surface area contributed by atoms with E-state index in [2.05, 4.69) is 27.6 Å². The molecule has 2 aromatic heterocycles. The van der Waals surface area contributed by atoms with Crippen molar-refractivity contribution >= 4 is 28.8 Å². The van der Waals surface area contributed by atoms with Gasteiger partial charge in [0.1, 0.15) is 17.3 Å². The van der Waals surface area contributed by atoms with Gasteiger partial charge in [0.15, 0.2) is 0 Å². The van der Waals surface area contributed by atoms with E-state index in [1.165, 1.54) is 0 Å². The van der Waals surface area contributed by atoms with Gasteiger partial charge in [0.2, 0.25) is 0 Å². The number of aromatic nitrogens is 2. The molecule has 1 aliphatic rings. The minimum absolute atomic E-state index is 0.00743. The maximum atomic E-state index is 12.9. The van der Waals surface area contributed by atoms with Crippen molar-refractivity contribution in [1.29, 1.82) is 0 Å². The molecule has 162 valence electrons. The normalized spacial score (nSPS) is 14.5. The number of benzene rings is 1. The molecular formula is C22H26N6O3. The van der Waals surface area contributed by atoms with E-state index in [1.807, 2.05) is 36.1 Å². The Morgan fingerprint density at radius 2 is 1.84 bits per heavy atom. The highest BCUT2D eigenvalue weighted by Crippen LogP contribution is 2.27. The molecule has 3 amide bonds. The molecule has 9 heteroatoms. The van der Waals surface area contributed by atoms with E-state index in [1.54, 1.807) is 29.1 Å². The molecular weight excluding hydrogens is 396 g/mol. The Hall–Kier alpha value is -3.59. The number of urea groups is 1. The summed E-state index contributed by atoms with van der Waals surface area (Å²) >= 11 is 0. The number of hydrogen-bond acceptors (Lipinski definition) is 5. The third-order valence-electron chi connectivity index (χ3n) is 5.19. The molecule has 1 aliphatic heterocycles. The number of pyridine rings is 1. The Morgan fingerprint density at radius 1 is 1.06 bits per heavy atom. The molecule has 4 rings (SSSR count). The molecule has 1 fully saturated rings. The molecule has 1 aromatic carbocycles. The van der Waals surface area contributed by atoms with Gasteiger partial charge in [-0.25, -0.2) is 14.6 Å². The third kappa shape index (κ3) is 4.77. The van der Waals surface area contributed by atoms with Crippen molar-refractivity contribution < 1.29 is 14.3 Å². The number of nitrogens with one attached hydrogen (secondary N) is 2. The van der Waals surface area contributed by atoms with E-state index in [-0.39, 0.29) is 12.1 Å². The summed E-state index contributed by atoms with van der Waals surface area (Å²) in [6, 6.07) is 10.6. The summed E-state index contributed by atoms with van der Waals surface area (Å²) in [5.41, 5.74) is 0.838. The minimum Gasteiger partial charge on any atom is -0.457 e. The van der Waals surface area contributed by atoms with Gasteiger partial charge in [-0.15, -0.1) is 0 Å². The number of carbonyl (C=O) groups is 2. The van der Waals surface area contributed by atoms with Crippen molar-refractivity contribution in [2.75, 3.05) is 45.1 Å². The molecule has 0 aliphatic carbocycles. The summed E-state index contributed by atoms with van der Waals surface area (Å²) in [4.78, 5) is 32.8. The van der Waals surface area contributed by atoms with Gasteiger partial charge in [-0.2, -0.15) is 0 Å². The van der Waals surface area contributed by atoms with Gasteiger partial charge in [0.25, 0.3) is 0 Å². The zero-order valence-corrected chi connectivity index (χ0v) is 17.7. The smallest absolute Gasteiger partial charge is 0.328 e. The van der Waals surface area contributed by atoms with Crippen LogP contribution < -0.4 is 15.4 Å². The number of hydrogen-bond donors (Lipinski definition) is 2. The van der Waals surface area contributed by atoms with Gasteiger partial charge in [-0.05, 0) is 44.3 Å². The summed E-state index contributed by atoms with van der Waals surface area (Å²) in [6.07, 6.45) is 3.37. The Morgan fingerprint density at radius 3 is 2.61 bits per heavy atom. The van der Waals surface area contributed by atoms with Crippen LogP contribution in [0.2, 0.25) is 0 Å². The zero-order chi connectivity index (χ0) is 21.8. The molecule has 9 nitrogen and oxygen atoms in total. The van der Waals surface area contributed by atoms with Crippen molar-refractivity contribution in [3.8, 4) is 11.5 Å². The van der Waals surface area contributed by atoms with Crippen LogP contribution in [0.3, 0.4) is 0 Å². The Labute approximate surface area is 180 Å². The number of rotatable bonds is 4. The van der Waals surface area contributed by atoms with E-state index in [9.17, 15) is 9.59 Å². The maximum absolute atomic E-state index is 12.9. The molecule has 0 spiro atoms. The van der Waals surface area contributed by atoms with Crippen molar-refractivity contribution in [3.63, 3.8) is 0 Å². The molecule has 0 unspecified atom stereocenters. The lowest BCUT2D eigenvalue weighted by Gasteiger charge is -2.32. The topological polar surface area (TPSA) is 91.7 Å². The van der Waals surface area contributed by atoms with Gasteiger partial charge in [-0.3, -0.25) is 9.88 Å². The van der Waals surface area contributed by atoms with Crippen LogP contribution in [0.1, 0.15) is 6.92 Å². The van der Waals surface area contributed by atoms with E-state index in [0.717, 1.165) is 37.1 Å². The first-order valence-corrected chi connectivity index (χ1v) is 10.3. The first-order chi connectivity index (χ1) is 15.0. The lowest BCUT2D eigenvalue weighted by molar-refractivity contribution is 0.156. The standard InChI is InChI=1S/C22H26N6O3/c1-3-23-21(29)25-20-15-18(6-8-24-20)31-17-4-5-19-16(14-17)7-9-28(19)22(30)27-12-10-26(2)11-13-27/h4-9,14-15H,3,10-13H2,1-2H3,(H2,23,24,25,29). The number of carbonyl (C=O) groups excluding carboxylic acids is 2. The predicted octanol–water partition coefficient (Wildman–Crippen LogP) is 3.19. The van der Waals surface area contributed by atoms with E-state index in [0.29, 0.717) is 23.9 Å². The Kier molecular flexibility index (Phi) is 6.03. The van der Waals surface area contributed by atoms with Gasteiger partial charge in [0.05, 0.1) is 5.52 Å². The van der Waals surface area contributed by atoms with E-state index in [4.69, 9.17) is 4.74 Å². The van der Waals surface area contributed by atoms with Crippen LogP contribution in [0.4, 0.5) is 15.4 Å². The van der Waals surface area contributed by atoms with Gasteiger partial charge >= 0.3 is 12.1 Å². The fourth-order valence-corrected chi connectivity index (χ4v) is 3.50. The summed E-state index contributed by atoms with van der Waals surface area (Å²) in [5.74, 6) is 1.58. The number of piperazine rings is 1. The fourth-order valence-electron chi connectivity index (χ4n) is 3.50. The maximum Gasteiger partial charge on any atom is 0.328 e. The first-order valence-electron chi connectivity index (χ1n) is 10.3. The third-order valence-corrected chi connectivity index (χ3v) is 5.19. The molecule has 2 N–H and O–H groups in total. The average Bonchev–Trinajstić information content (AvgIpc) is 3.17. The van der Waals surface area contributed by atoms with Crippen LogP contribution in [0.15, 0.2) is 48.8 Å². The molecule has 0 radical (unpaired) electrons. The van der Waals surface area contributed by atoms with Crippen LogP contribution in [0, 0.1) is 0 Å². The second-order valence-corrected chi connectivity index (χ2v) is 7.44. The highest BCUT2D eigenvalue weighted by atomic mass is 16.5. The quantitative estimate of drug-likeness (QED) is 0.674. The van der Waals surface area contributed by atoms with Gasteiger partial charge < -0.3 is 19.9 Å². The zero-order valence-electron chi connectivity index (χ0n) is 17.7. The minimum atomic E-state index is -0.320. The number of anilines is 1. The summed E-state index contributed by atoms with van der Waals surface area (Å²) in [5, 5.41) is 6.22. The van der Waals surface area contributed by atoms with Crippen LogP contribution in [-0.2, 0) is 0 Å². The van der Waals surface area contributed by atoms with Crippen LogP contribution in [0.5, 0.6) is 11.5 Å². The fraction of sp³-hybridized carbons (Fsp3) is 0.318. The summed E-state index contributed by atoms with van der Waals surface area (Å²) < 4.78 is 7.63. The highest BCUT2D eigenvalue weighted by Gasteiger charge is 2.21. The van der Waals surface area contributed by atoms with Crippen LogP contribution in [0.25, 0.3) is 10.9 Å². The molecule has 1 saturated heterocycles. The largest absolute Gasteiger partial charge is 0.457 e. The lowest BCUT2D eigenvalue weighted by atomic mass is 10.2. The number of amides is 3. The van der Waals surface area contributed by atoms with Crippen LogP contribution in [-0.4, -0.2) is 71.2 Å². The van der Waals surface area contributed by atoms with Gasteiger partial charge in [0, 0.05) is 56.6 Å². The molecule has 0 atom stereocenters. The Bertz CT molecular complexity index is 1090. The van der Waals surface area contributed by atoms with Crippen molar-refractivity contribution in [3.05, 3.63) is 48.8 Å². The summed E-state index contributed by atoms with van der Waals surface area (Å²) in [6.45, 7) is 5.58.